The van der Waals surface area contributed by atoms with Crippen LogP contribution in [0.1, 0.15) is 30.7 Å². The van der Waals surface area contributed by atoms with Crippen molar-refractivity contribution >= 4 is 35.0 Å². The van der Waals surface area contributed by atoms with Crippen molar-refractivity contribution < 1.29 is 9.59 Å². The average molecular weight is 341 g/mol. The molecule has 1 heterocycles. The third-order valence-corrected chi connectivity index (χ3v) is 5.43. The van der Waals surface area contributed by atoms with E-state index in [1.54, 1.807) is 6.07 Å². The van der Waals surface area contributed by atoms with Gasteiger partial charge in [-0.05, 0) is 42.9 Å². The van der Waals surface area contributed by atoms with Crippen LogP contribution in [0.15, 0.2) is 18.2 Å². The summed E-state index contributed by atoms with van der Waals surface area (Å²) in [7, 11) is 0. The van der Waals surface area contributed by atoms with Gasteiger partial charge in [0, 0.05) is 24.9 Å². The summed E-state index contributed by atoms with van der Waals surface area (Å²) in [5, 5.41) is 1.06. The second kappa shape index (κ2) is 6.09. The summed E-state index contributed by atoms with van der Waals surface area (Å²) < 4.78 is 0. The number of hydrogen-bond acceptors (Lipinski definition) is 2. The molecular formula is C16H18Cl2N2O2. The van der Waals surface area contributed by atoms with Crippen LogP contribution in [-0.4, -0.2) is 29.8 Å². The highest BCUT2D eigenvalue weighted by Crippen LogP contribution is 2.49. The molecule has 1 aromatic rings. The van der Waals surface area contributed by atoms with Crippen LogP contribution >= 0.6 is 23.2 Å². The molecule has 6 heteroatoms. The second-order valence-corrected chi connectivity index (χ2v) is 6.94. The molecular weight excluding hydrogens is 323 g/mol. The topological polar surface area (TPSA) is 63.4 Å². The zero-order valence-electron chi connectivity index (χ0n) is 12.1. The van der Waals surface area contributed by atoms with Crippen molar-refractivity contribution in [2.75, 3.05) is 13.1 Å². The van der Waals surface area contributed by atoms with E-state index in [1.807, 2.05) is 17.0 Å². The first kappa shape index (κ1) is 15.6. The van der Waals surface area contributed by atoms with Gasteiger partial charge in [-0.1, -0.05) is 29.3 Å². The number of carbonyl (C=O) groups is 2. The Bertz CT molecular complexity index is 612. The van der Waals surface area contributed by atoms with E-state index < -0.39 is 0 Å². The molecule has 0 radical (unpaired) electrons. The molecule has 22 heavy (non-hydrogen) atoms. The molecule has 1 aromatic carbocycles. The van der Waals surface area contributed by atoms with E-state index in [1.165, 1.54) is 0 Å². The Kier molecular flexibility index (Phi) is 4.33. The summed E-state index contributed by atoms with van der Waals surface area (Å²) in [5.41, 5.74) is 6.39. The second-order valence-electron chi connectivity index (χ2n) is 6.12. The highest BCUT2D eigenvalue weighted by Gasteiger charge is 2.46. The van der Waals surface area contributed by atoms with Crippen LogP contribution in [0.25, 0.3) is 0 Å². The summed E-state index contributed by atoms with van der Waals surface area (Å²) in [6.45, 7) is 1.24. The minimum Gasteiger partial charge on any atom is -0.369 e. The zero-order valence-corrected chi connectivity index (χ0v) is 13.6. The van der Waals surface area contributed by atoms with E-state index in [0.29, 0.717) is 36.0 Å². The van der Waals surface area contributed by atoms with Crippen molar-refractivity contribution in [1.82, 2.24) is 4.90 Å². The highest BCUT2D eigenvalue weighted by molar-refractivity contribution is 6.42. The highest BCUT2D eigenvalue weighted by atomic mass is 35.5. The Morgan fingerprint density at radius 1 is 1.14 bits per heavy atom. The maximum Gasteiger partial charge on any atom is 0.226 e. The predicted octanol–water partition coefficient (Wildman–Crippen LogP) is 2.82. The molecule has 2 aliphatic rings. The van der Waals surface area contributed by atoms with Crippen molar-refractivity contribution in [2.45, 2.75) is 25.2 Å². The van der Waals surface area contributed by atoms with Gasteiger partial charge in [0.15, 0.2) is 0 Å². The third kappa shape index (κ3) is 3.08. The molecule has 1 saturated carbocycles. The molecule has 2 fully saturated rings. The van der Waals surface area contributed by atoms with Crippen LogP contribution in [-0.2, 0) is 9.59 Å². The van der Waals surface area contributed by atoms with E-state index >= 15 is 0 Å². The van der Waals surface area contributed by atoms with Gasteiger partial charge in [0.2, 0.25) is 11.8 Å². The molecule has 4 nitrogen and oxygen atoms in total. The third-order valence-electron chi connectivity index (χ3n) is 4.69. The zero-order chi connectivity index (χ0) is 15.9. The summed E-state index contributed by atoms with van der Waals surface area (Å²) >= 11 is 12.0. The van der Waals surface area contributed by atoms with Crippen LogP contribution < -0.4 is 5.73 Å². The molecule has 0 aromatic heterocycles. The largest absolute Gasteiger partial charge is 0.369 e. The Morgan fingerprint density at radius 2 is 1.82 bits per heavy atom. The number of halogens is 2. The Hall–Kier alpha value is -1.26. The lowest BCUT2D eigenvalue weighted by atomic mass is 9.96. The number of amides is 2. The number of benzene rings is 1. The van der Waals surface area contributed by atoms with Gasteiger partial charge in [0.1, 0.15) is 0 Å². The molecule has 118 valence electrons. The quantitative estimate of drug-likeness (QED) is 0.919. The Morgan fingerprint density at radius 3 is 2.41 bits per heavy atom. The van der Waals surface area contributed by atoms with Crippen molar-refractivity contribution in [1.29, 1.82) is 0 Å². The van der Waals surface area contributed by atoms with Gasteiger partial charge in [-0.25, -0.2) is 0 Å². The molecule has 2 N–H and O–H groups in total. The first-order chi connectivity index (χ1) is 10.5. The van der Waals surface area contributed by atoms with E-state index in [4.69, 9.17) is 28.9 Å². The van der Waals surface area contributed by atoms with Crippen LogP contribution in [0.4, 0.5) is 0 Å². The molecule has 0 bridgehead atoms. The maximum absolute atomic E-state index is 12.5. The fraction of sp³-hybridized carbons (Fsp3) is 0.500. The van der Waals surface area contributed by atoms with Crippen molar-refractivity contribution in [3.63, 3.8) is 0 Å². The smallest absolute Gasteiger partial charge is 0.226 e. The van der Waals surface area contributed by atoms with Gasteiger partial charge in [0.05, 0.1) is 10.0 Å². The molecule has 1 saturated heterocycles. The number of carbonyl (C=O) groups excluding carboxylic acids is 2. The van der Waals surface area contributed by atoms with Gasteiger partial charge in [-0.3, -0.25) is 9.59 Å². The van der Waals surface area contributed by atoms with E-state index in [-0.39, 0.29) is 29.6 Å². The number of likely N-dealkylation sites (tertiary alicyclic amines) is 1. The fourth-order valence-corrected chi connectivity index (χ4v) is 3.50. The average Bonchev–Trinajstić information content (AvgIpc) is 3.30. The maximum atomic E-state index is 12.5. The number of rotatable bonds is 3. The summed E-state index contributed by atoms with van der Waals surface area (Å²) in [6, 6.07) is 5.56. The summed E-state index contributed by atoms with van der Waals surface area (Å²) in [6.07, 6.45) is 2.20. The lowest BCUT2D eigenvalue weighted by Crippen LogP contribution is -2.42. The summed E-state index contributed by atoms with van der Waals surface area (Å²) in [5.74, 6) is 0.0961. The standard InChI is InChI=1S/C16H18Cl2N2O2/c17-13-2-1-10(7-14(13)18)11-8-12(11)16(22)20-5-3-9(4-6-20)15(19)21/h1-2,7,9,11-12H,3-6,8H2,(H2,19,21). The normalized spacial score (nSPS) is 25.1. The SMILES string of the molecule is NC(=O)C1CCN(C(=O)C2CC2c2ccc(Cl)c(Cl)c2)CC1. The molecule has 1 aliphatic heterocycles. The van der Waals surface area contributed by atoms with Gasteiger partial charge in [0.25, 0.3) is 0 Å². The molecule has 2 unspecified atom stereocenters. The molecule has 2 atom stereocenters. The molecule has 2 amide bonds. The summed E-state index contributed by atoms with van der Waals surface area (Å²) in [4.78, 5) is 25.6. The monoisotopic (exact) mass is 340 g/mol. The lowest BCUT2D eigenvalue weighted by molar-refractivity contribution is -0.136. The number of nitrogens with zero attached hydrogens (tertiary/aromatic N) is 1. The first-order valence-corrected chi connectivity index (χ1v) is 8.26. The number of piperidine rings is 1. The van der Waals surface area contributed by atoms with Gasteiger partial charge >= 0.3 is 0 Å². The van der Waals surface area contributed by atoms with Gasteiger partial charge in [-0.15, -0.1) is 0 Å². The predicted molar refractivity (Wildman–Crippen MR) is 85.8 cm³/mol. The molecule has 0 spiro atoms. The van der Waals surface area contributed by atoms with E-state index in [2.05, 4.69) is 0 Å². The molecule has 1 aliphatic carbocycles. The van der Waals surface area contributed by atoms with Crippen LogP contribution in [0.3, 0.4) is 0 Å². The number of hydrogen-bond donors (Lipinski definition) is 1. The minimum absolute atomic E-state index is 0.0300. The Balaban J connectivity index is 1.59. The molecule has 3 rings (SSSR count). The first-order valence-electron chi connectivity index (χ1n) is 7.50. The Labute approximate surface area is 139 Å². The van der Waals surface area contributed by atoms with Crippen LogP contribution in [0.5, 0.6) is 0 Å². The lowest BCUT2D eigenvalue weighted by Gasteiger charge is -2.30. The van der Waals surface area contributed by atoms with Gasteiger partial charge in [-0.2, -0.15) is 0 Å². The van der Waals surface area contributed by atoms with Crippen LogP contribution in [0, 0.1) is 11.8 Å². The van der Waals surface area contributed by atoms with E-state index in [0.717, 1.165) is 12.0 Å². The van der Waals surface area contributed by atoms with E-state index in [9.17, 15) is 9.59 Å². The number of nitrogens with two attached hydrogens (primary N) is 1. The fourth-order valence-electron chi connectivity index (χ4n) is 3.20. The van der Waals surface area contributed by atoms with Crippen molar-refractivity contribution in [3.05, 3.63) is 33.8 Å². The number of primary amides is 1. The van der Waals surface area contributed by atoms with Crippen molar-refractivity contribution in [2.24, 2.45) is 17.6 Å². The van der Waals surface area contributed by atoms with Crippen LogP contribution in [0.2, 0.25) is 10.0 Å². The minimum atomic E-state index is -0.257. The van der Waals surface area contributed by atoms with Gasteiger partial charge < -0.3 is 10.6 Å². The van der Waals surface area contributed by atoms with Crippen molar-refractivity contribution in [3.8, 4) is 0 Å².